The number of aliphatic hydroxyl groups excluding tert-OH is 1. The fraction of sp³-hybridized carbons (Fsp3) is 0.528. The van der Waals surface area contributed by atoms with Crippen LogP contribution < -0.4 is 9.47 Å². The van der Waals surface area contributed by atoms with Gasteiger partial charge in [-0.25, -0.2) is 0 Å². The van der Waals surface area contributed by atoms with Gasteiger partial charge in [0, 0.05) is 47.0 Å². The molecule has 0 saturated carbocycles. The summed E-state index contributed by atoms with van der Waals surface area (Å²) < 4.78 is 12.5. The highest BCUT2D eigenvalue weighted by molar-refractivity contribution is 5.84. The number of aliphatic hydroxyl groups is 1. The van der Waals surface area contributed by atoms with Crippen molar-refractivity contribution in [2.24, 2.45) is 11.8 Å². The third kappa shape index (κ3) is 5.39. The first-order valence-electron chi connectivity index (χ1n) is 15.1. The van der Waals surface area contributed by atoms with Gasteiger partial charge in [-0.05, 0) is 58.7 Å². The second-order valence-corrected chi connectivity index (χ2v) is 14.5. The number of aromatic nitrogens is 1. The summed E-state index contributed by atoms with van der Waals surface area (Å²) in [5.74, 6) is 2.80. The van der Waals surface area contributed by atoms with Gasteiger partial charge >= 0.3 is 0 Å². The zero-order valence-electron chi connectivity index (χ0n) is 26.3. The summed E-state index contributed by atoms with van der Waals surface area (Å²) in [4.78, 5) is 4.59. The molecule has 2 aromatic carbocycles. The Balaban J connectivity index is 1.63. The first-order valence-corrected chi connectivity index (χ1v) is 15.1. The van der Waals surface area contributed by atoms with Gasteiger partial charge in [-0.15, -0.1) is 6.58 Å². The van der Waals surface area contributed by atoms with Gasteiger partial charge in [0.1, 0.15) is 30.2 Å². The molecule has 5 atom stereocenters. The van der Waals surface area contributed by atoms with Crippen LogP contribution in [-0.4, -0.2) is 47.9 Å². The molecule has 3 saturated heterocycles. The molecule has 6 rings (SSSR count). The number of quaternary nitrogens is 1. The number of hydrogen-bond acceptors (Lipinski definition) is 4. The predicted molar refractivity (Wildman–Crippen MR) is 168 cm³/mol. The van der Waals surface area contributed by atoms with Gasteiger partial charge in [0.15, 0.2) is 0 Å². The summed E-state index contributed by atoms with van der Waals surface area (Å²) in [5.41, 5.74) is 5.52. The van der Waals surface area contributed by atoms with E-state index < -0.39 is 6.10 Å². The molecular weight excluding hydrogens is 508 g/mol. The molecule has 3 aromatic rings. The van der Waals surface area contributed by atoms with E-state index in [0.29, 0.717) is 11.8 Å². The molecule has 0 spiro atoms. The number of ether oxygens (including phenoxy) is 2. The molecule has 220 valence electrons. The molecule has 5 heteroatoms. The number of benzene rings is 2. The van der Waals surface area contributed by atoms with E-state index in [4.69, 9.17) is 9.47 Å². The summed E-state index contributed by atoms with van der Waals surface area (Å²) in [6.45, 7) is 20.8. The number of piperidine rings is 3. The van der Waals surface area contributed by atoms with Crippen molar-refractivity contribution in [2.45, 2.75) is 83.9 Å². The van der Waals surface area contributed by atoms with Crippen molar-refractivity contribution < 1.29 is 19.1 Å². The Hall–Kier alpha value is -2.89. The van der Waals surface area contributed by atoms with Crippen molar-refractivity contribution in [1.82, 2.24) is 4.98 Å². The molecule has 3 aliphatic rings. The number of nitrogens with zero attached hydrogens (tertiary/aromatic N) is 2. The molecule has 0 unspecified atom stereocenters. The van der Waals surface area contributed by atoms with E-state index in [0.717, 1.165) is 58.5 Å². The van der Waals surface area contributed by atoms with Crippen LogP contribution in [0.25, 0.3) is 10.9 Å². The molecular formula is C36H49N2O3+. The van der Waals surface area contributed by atoms with Crippen LogP contribution in [0.15, 0.2) is 55.3 Å². The molecule has 1 N–H and O–H groups in total. The molecule has 3 fully saturated rings. The highest BCUT2D eigenvalue weighted by atomic mass is 16.5. The molecule has 0 amide bonds. The molecule has 0 radical (unpaired) electrons. The van der Waals surface area contributed by atoms with Crippen LogP contribution in [0.2, 0.25) is 0 Å². The number of pyridine rings is 1. The Morgan fingerprint density at radius 2 is 1.71 bits per heavy atom. The fourth-order valence-corrected chi connectivity index (χ4v) is 7.60. The van der Waals surface area contributed by atoms with E-state index in [1.165, 1.54) is 23.1 Å². The Morgan fingerprint density at radius 3 is 2.29 bits per heavy atom. The lowest BCUT2D eigenvalue weighted by Gasteiger charge is -2.58. The molecule has 5 nitrogen and oxygen atoms in total. The van der Waals surface area contributed by atoms with Crippen LogP contribution in [-0.2, 0) is 17.4 Å². The van der Waals surface area contributed by atoms with E-state index in [1.54, 1.807) is 14.2 Å². The minimum absolute atomic E-state index is 0.0617. The maximum absolute atomic E-state index is 12.3. The van der Waals surface area contributed by atoms with Gasteiger partial charge in [0.2, 0.25) is 0 Å². The number of methoxy groups -OCH3 is 2. The van der Waals surface area contributed by atoms with Crippen molar-refractivity contribution in [3.63, 3.8) is 0 Å². The predicted octanol–water partition coefficient (Wildman–Crippen LogP) is 7.49. The van der Waals surface area contributed by atoms with Crippen LogP contribution in [0, 0.1) is 11.8 Å². The zero-order valence-corrected chi connectivity index (χ0v) is 26.3. The van der Waals surface area contributed by atoms with Crippen LogP contribution in [0.5, 0.6) is 11.5 Å². The lowest BCUT2D eigenvalue weighted by atomic mass is 9.70. The number of fused-ring (bicyclic) bond motifs is 4. The quantitative estimate of drug-likeness (QED) is 0.242. The average Bonchev–Trinajstić information content (AvgIpc) is 2.94. The minimum Gasteiger partial charge on any atom is -0.497 e. The highest BCUT2D eigenvalue weighted by Crippen LogP contribution is 2.49. The highest BCUT2D eigenvalue weighted by Gasteiger charge is 2.54. The maximum Gasteiger partial charge on any atom is 0.131 e. The summed E-state index contributed by atoms with van der Waals surface area (Å²) in [6.07, 6.45) is 5.54. The largest absolute Gasteiger partial charge is 0.497 e. The monoisotopic (exact) mass is 557 g/mol. The summed E-state index contributed by atoms with van der Waals surface area (Å²) in [7, 11) is 3.48. The molecule has 4 heterocycles. The van der Waals surface area contributed by atoms with Gasteiger partial charge in [0.05, 0.1) is 32.8 Å². The average molecular weight is 558 g/mol. The first kappa shape index (κ1) is 29.6. The van der Waals surface area contributed by atoms with Gasteiger partial charge < -0.3 is 19.1 Å². The smallest absolute Gasteiger partial charge is 0.131 e. The lowest BCUT2D eigenvalue weighted by molar-refractivity contribution is -0.984. The van der Waals surface area contributed by atoms with Crippen LogP contribution in [0.4, 0.5) is 0 Å². The normalized spacial score (nSPS) is 25.2. The molecule has 3 aliphatic heterocycles. The standard InChI is InChI=1S/C36H49N2O3/c1-10-24-22-38(21-23-17-29(35(2,3)4)34(41-9)30(18-23)36(5,6)7)16-14-25(24)19-32(38)33(39)27-13-15-37-31-12-11-26(40-8)20-28(27)31/h10-13,15,17-18,20,24-25,32-33,39H,1,14,16,19,21-22H2,2-9H3/q+1/t24-,25-,32-,33+,38+/m0/s1. The second kappa shape index (κ2) is 10.7. The van der Waals surface area contributed by atoms with Crippen molar-refractivity contribution >= 4 is 10.9 Å². The Bertz CT molecular complexity index is 1400. The van der Waals surface area contributed by atoms with Gasteiger partial charge in [0.25, 0.3) is 0 Å². The van der Waals surface area contributed by atoms with Gasteiger partial charge in [-0.2, -0.15) is 0 Å². The van der Waals surface area contributed by atoms with E-state index >= 15 is 0 Å². The van der Waals surface area contributed by atoms with Crippen molar-refractivity contribution in [3.05, 3.63) is 77.5 Å². The number of rotatable bonds is 7. The zero-order chi connectivity index (χ0) is 29.7. The summed E-state index contributed by atoms with van der Waals surface area (Å²) >= 11 is 0. The molecule has 41 heavy (non-hydrogen) atoms. The van der Waals surface area contributed by atoms with Crippen molar-refractivity contribution in [1.29, 1.82) is 0 Å². The third-order valence-corrected chi connectivity index (χ3v) is 9.81. The van der Waals surface area contributed by atoms with Crippen LogP contribution >= 0.6 is 0 Å². The molecule has 1 aromatic heterocycles. The SMILES string of the molecule is C=C[C@H]1C[N@+]2(Cc3cc(C(C)(C)C)c(OC)c(C(C)(C)C)c3)CC[C@H]1C[C@H]2[C@H](O)c1ccnc2ccc(OC)cc12. The second-order valence-electron chi connectivity index (χ2n) is 14.5. The maximum atomic E-state index is 12.3. The molecule has 0 aliphatic carbocycles. The van der Waals surface area contributed by atoms with Crippen LogP contribution in [0.1, 0.15) is 82.7 Å². The Labute approximate surface area is 246 Å². The van der Waals surface area contributed by atoms with E-state index in [-0.39, 0.29) is 16.9 Å². The van der Waals surface area contributed by atoms with E-state index in [1.807, 2.05) is 30.5 Å². The third-order valence-electron chi connectivity index (χ3n) is 9.81. The van der Waals surface area contributed by atoms with Crippen molar-refractivity contribution in [3.8, 4) is 11.5 Å². The minimum atomic E-state index is -0.608. The fourth-order valence-electron chi connectivity index (χ4n) is 7.60. The first-order chi connectivity index (χ1) is 19.3. The Morgan fingerprint density at radius 1 is 1.02 bits per heavy atom. The van der Waals surface area contributed by atoms with Gasteiger partial charge in [-0.3, -0.25) is 4.98 Å². The van der Waals surface area contributed by atoms with Crippen LogP contribution in [0.3, 0.4) is 0 Å². The summed E-state index contributed by atoms with van der Waals surface area (Å²) in [6, 6.07) is 12.8. The topological polar surface area (TPSA) is 51.6 Å². The summed E-state index contributed by atoms with van der Waals surface area (Å²) in [5, 5.41) is 13.2. The van der Waals surface area contributed by atoms with Gasteiger partial charge in [-0.1, -0.05) is 47.6 Å². The lowest BCUT2D eigenvalue weighted by Crippen LogP contribution is -2.67. The van der Waals surface area contributed by atoms with Crippen molar-refractivity contribution in [2.75, 3.05) is 27.3 Å². The van der Waals surface area contributed by atoms with E-state index in [9.17, 15) is 5.11 Å². The number of hydrogen-bond donors (Lipinski definition) is 1. The van der Waals surface area contributed by atoms with E-state index in [2.05, 4.69) is 71.3 Å². The Kier molecular flexibility index (Phi) is 7.76. The molecule has 2 bridgehead atoms.